The predicted octanol–water partition coefficient (Wildman–Crippen LogP) is 2.21. The van der Waals surface area contributed by atoms with Crippen LogP contribution in [-0.4, -0.2) is 31.2 Å². The average molecular weight is 294 g/mol. The molecule has 1 aromatic rings. The number of nitrogens with two attached hydrogens (primary N) is 1. The number of ether oxygens (including phenoxy) is 1. The second-order valence-corrected chi connectivity index (χ2v) is 4.60. The van der Waals surface area contributed by atoms with E-state index in [1.165, 1.54) is 24.3 Å². The molecule has 8 heteroatoms. The molecule has 0 spiro atoms. The van der Waals surface area contributed by atoms with Crippen LogP contribution in [0.15, 0.2) is 29.2 Å². The van der Waals surface area contributed by atoms with Crippen molar-refractivity contribution in [3.05, 3.63) is 24.3 Å². The fraction of sp³-hybridized carbons (Fsp3) is 0.364. The zero-order valence-corrected chi connectivity index (χ0v) is 10.7. The number of thioether (sulfide) groups is 1. The Morgan fingerprint density at radius 1 is 1.32 bits per heavy atom. The Balaban J connectivity index is 2.46. The summed E-state index contributed by atoms with van der Waals surface area (Å²) in [6.07, 6.45) is 0. The molecule has 4 nitrogen and oxygen atoms in total. The van der Waals surface area contributed by atoms with E-state index in [-0.39, 0.29) is 35.8 Å². The number of benzene rings is 1. The third-order valence-electron chi connectivity index (χ3n) is 1.87. The van der Waals surface area contributed by atoms with E-state index >= 15 is 0 Å². The monoisotopic (exact) mass is 294 g/mol. The van der Waals surface area contributed by atoms with Crippen LogP contribution in [0, 0.1) is 0 Å². The second-order valence-electron chi connectivity index (χ2n) is 3.46. The number of rotatable bonds is 6. The van der Waals surface area contributed by atoms with E-state index in [1.807, 2.05) is 0 Å². The van der Waals surface area contributed by atoms with Gasteiger partial charge in [-0.15, -0.1) is 0 Å². The molecule has 0 aliphatic rings. The lowest BCUT2D eigenvalue weighted by atomic mass is 10.3. The van der Waals surface area contributed by atoms with Gasteiger partial charge in [0.15, 0.2) is 0 Å². The quantitative estimate of drug-likeness (QED) is 0.623. The maximum absolute atomic E-state index is 12.1. The molecule has 0 saturated carbocycles. The Morgan fingerprint density at radius 3 is 2.47 bits per heavy atom. The number of hydrogen-bond donors (Lipinski definition) is 2. The van der Waals surface area contributed by atoms with Crippen molar-refractivity contribution in [2.75, 3.05) is 25.1 Å². The van der Waals surface area contributed by atoms with Crippen molar-refractivity contribution < 1.29 is 22.7 Å². The first-order valence-corrected chi connectivity index (χ1v) is 6.16. The van der Waals surface area contributed by atoms with E-state index in [1.54, 1.807) is 0 Å². The standard InChI is InChI=1S/C11H13F3N2O2S/c12-11(13,14)19-9-3-1-8(2-4-9)16-10(17)7-18-6-5-15/h1-4H,5-7,15H2,(H,16,17). The van der Waals surface area contributed by atoms with Gasteiger partial charge in [-0.25, -0.2) is 0 Å². The molecule has 0 aromatic heterocycles. The van der Waals surface area contributed by atoms with Crippen LogP contribution in [0.4, 0.5) is 18.9 Å². The van der Waals surface area contributed by atoms with Gasteiger partial charge in [0.1, 0.15) is 6.61 Å². The lowest BCUT2D eigenvalue weighted by molar-refractivity contribution is -0.120. The number of hydrogen-bond acceptors (Lipinski definition) is 4. The lowest BCUT2D eigenvalue weighted by Crippen LogP contribution is -2.20. The Labute approximate surface area is 112 Å². The van der Waals surface area contributed by atoms with Crippen LogP contribution < -0.4 is 11.1 Å². The maximum atomic E-state index is 12.1. The van der Waals surface area contributed by atoms with Crippen molar-refractivity contribution in [1.82, 2.24) is 0 Å². The predicted molar refractivity (Wildman–Crippen MR) is 66.9 cm³/mol. The molecule has 0 bridgehead atoms. The fourth-order valence-electron chi connectivity index (χ4n) is 1.19. The molecule has 1 amide bonds. The number of anilines is 1. The molecule has 0 unspecified atom stereocenters. The topological polar surface area (TPSA) is 64.3 Å². The molecular formula is C11H13F3N2O2S. The number of alkyl halides is 3. The van der Waals surface area contributed by atoms with Crippen molar-refractivity contribution >= 4 is 23.4 Å². The average Bonchev–Trinajstić information content (AvgIpc) is 2.30. The fourth-order valence-corrected chi connectivity index (χ4v) is 1.72. The van der Waals surface area contributed by atoms with Crippen LogP contribution in [0.1, 0.15) is 0 Å². The molecule has 0 heterocycles. The van der Waals surface area contributed by atoms with Crippen molar-refractivity contribution in [3.63, 3.8) is 0 Å². The molecule has 0 aliphatic carbocycles. The van der Waals surface area contributed by atoms with Gasteiger partial charge in [-0.05, 0) is 36.0 Å². The molecule has 0 fully saturated rings. The van der Waals surface area contributed by atoms with E-state index in [0.29, 0.717) is 12.2 Å². The van der Waals surface area contributed by atoms with Gasteiger partial charge < -0.3 is 15.8 Å². The van der Waals surface area contributed by atoms with Crippen LogP contribution in [-0.2, 0) is 9.53 Å². The Hall–Kier alpha value is -1.25. The molecular weight excluding hydrogens is 281 g/mol. The third-order valence-corrected chi connectivity index (χ3v) is 2.61. The van der Waals surface area contributed by atoms with Gasteiger partial charge in [0.2, 0.25) is 5.91 Å². The lowest BCUT2D eigenvalue weighted by Gasteiger charge is -2.08. The van der Waals surface area contributed by atoms with Gasteiger partial charge in [-0.3, -0.25) is 4.79 Å². The minimum Gasteiger partial charge on any atom is -0.370 e. The number of amides is 1. The van der Waals surface area contributed by atoms with Gasteiger partial charge >= 0.3 is 5.51 Å². The van der Waals surface area contributed by atoms with Crippen LogP contribution >= 0.6 is 11.8 Å². The normalized spacial score (nSPS) is 11.4. The molecule has 19 heavy (non-hydrogen) atoms. The highest BCUT2D eigenvalue weighted by atomic mass is 32.2. The summed E-state index contributed by atoms with van der Waals surface area (Å²) in [4.78, 5) is 11.4. The van der Waals surface area contributed by atoms with Crippen molar-refractivity contribution in [2.24, 2.45) is 5.73 Å². The van der Waals surface area contributed by atoms with Gasteiger partial charge in [0.05, 0.1) is 6.61 Å². The number of carbonyl (C=O) groups excluding carboxylic acids is 1. The van der Waals surface area contributed by atoms with Crippen LogP contribution in [0.2, 0.25) is 0 Å². The molecule has 0 radical (unpaired) electrons. The highest BCUT2D eigenvalue weighted by Gasteiger charge is 2.28. The van der Waals surface area contributed by atoms with Crippen molar-refractivity contribution in [2.45, 2.75) is 10.4 Å². The van der Waals surface area contributed by atoms with Gasteiger partial charge in [0.25, 0.3) is 0 Å². The van der Waals surface area contributed by atoms with Crippen LogP contribution in [0.3, 0.4) is 0 Å². The minimum atomic E-state index is -4.32. The zero-order chi connectivity index (χ0) is 14.3. The van der Waals surface area contributed by atoms with Crippen LogP contribution in [0.5, 0.6) is 0 Å². The van der Waals surface area contributed by atoms with E-state index in [4.69, 9.17) is 10.5 Å². The summed E-state index contributed by atoms with van der Waals surface area (Å²) in [5, 5.41) is 2.50. The largest absolute Gasteiger partial charge is 0.446 e. The zero-order valence-electron chi connectivity index (χ0n) is 9.87. The first kappa shape index (κ1) is 15.8. The third kappa shape index (κ3) is 7.04. The van der Waals surface area contributed by atoms with Crippen molar-refractivity contribution in [3.8, 4) is 0 Å². The molecule has 0 saturated heterocycles. The minimum absolute atomic E-state index is 0.0601. The Morgan fingerprint density at radius 2 is 1.95 bits per heavy atom. The molecule has 1 aromatic carbocycles. The molecule has 1 rings (SSSR count). The van der Waals surface area contributed by atoms with Gasteiger partial charge in [-0.1, -0.05) is 0 Å². The van der Waals surface area contributed by atoms with Gasteiger partial charge in [-0.2, -0.15) is 13.2 Å². The number of halogens is 3. The van der Waals surface area contributed by atoms with E-state index in [0.717, 1.165) is 0 Å². The van der Waals surface area contributed by atoms with E-state index in [9.17, 15) is 18.0 Å². The summed E-state index contributed by atoms with van der Waals surface area (Å²) in [6.45, 7) is 0.446. The summed E-state index contributed by atoms with van der Waals surface area (Å²) in [5.41, 5.74) is 1.27. The Kier molecular flexibility index (Phi) is 6.13. The summed E-state index contributed by atoms with van der Waals surface area (Å²) < 4.78 is 41.2. The molecule has 106 valence electrons. The molecule has 3 N–H and O–H groups in total. The highest BCUT2D eigenvalue weighted by Crippen LogP contribution is 2.36. The summed E-state index contributed by atoms with van der Waals surface area (Å²) in [6, 6.07) is 5.37. The molecule has 0 atom stereocenters. The second kappa shape index (κ2) is 7.37. The van der Waals surface area contributed by atoms with E-state index in [2.05, 4.69) is 5.32 Å². The number of carbonyl (C=O) groups is 1. The van der Waals surface area contributed by atoms with Crippen molar-refractivity contribution in [1.29, 1.82) is 0 Å². The Bertz CT molecular complexity index is 409. The number of nitrogens with one attached hydrogen (secondary N) is 1. The highest BCUT2D eigenvalue weighted by molar-refractivity contribution is 8.00. The maximum Gasteiger partial charge on any atom is 0.446 e. The molecule has 0 aliphatic heterocycles. The summed E-state index contributed by atoms with van der Waals surface area (Å²) >= 11 is -0.206. The summed E-state index contributed by atoms with van der Waals surface area (Å²) in [7, 11) is 0. The first-order chi connectivity index (χ1) is 8.90. The SMILES string of the molecule is NCCOCC(=O)Nc1ccc(SC(F)(F)F)cc1. The van der Waals surface area contributed by atoms with E-state index < -0.39 is 5.51 Å². The van der Waals surface area contributed by atoms with Crippen LogP contribution in [0.25, 0.3) is 0 Å². The summed E-state index contributed by atoms with van der Waals surface area (Å²) in [5.74, 6) is -0.385. The van der Waals surface area contributed by atoms with Gasteiger partial charge in [0, 0.05) is 17.1 Å². The smallest absolute Gasteiger partial charge is 0.370 e. The first-order valence-electron chi connectivity index (χ1n) is 5.34.